The van der Waals surface area contributed by atoms with Crippen molar-refractivity contribution in [2.24, 2.45) is 22.1 Å². The predicted molar refractivity (Wildman–Crippen MR) is 77.7 cm³/mol. The number of hydrogen-bond acceptors (Lipinski definition) is 1. The largest absolute Gasteiger partial charge is 0.370 e. The maximum absolute atomic E-state index is 6.15. The van der Waals surface area contributed by atoms with Crippen LogP contribution in [0.3, 0.4) is 0 Å². The number of rotatable bonds is 4. The molecule has 2 N–H and O–H groups in total. The summed E-state index contributed by atoms with van der Waals surface area (Å²) < 4.78 is 0. The van der Waals surface area contributed by atoms with Crippen LogP contribution in [0.4, 0.5) is 0 Å². The highest BCUT2D eigenvalue weighted by Crippen LogP contribution is 2.44. The summed E-state index contributed by atoms with van der Waals surface area (Å²) in [6, 6.07) is 0. The molecule has 1 saturated carbocycles. The van der Waals surface area contributed by atoms with E-state index in [1.54, 1.807) is 0 Å². The van der Waals surface area contributed by atoms with E-state index in [9.17, 15) is 0 Å². The summed E-state index contributed by atoms with van der Waals surface area (Å²) in [4.78, 5) is 6.98. The number of aliphatic imine (C=N–C) groups is 1. The van der Waals surface area contributed by atoms with E-state index in [1.165, 1.54) is 44.9 Å². The molecule has 1 saturated heterocycles. The monoisotopic (exact) mass is 251 g/mol. The van der Waals surface area contributed by atoms with Crippen LogP contribution in [0.2, 0.25) is 0 Å². The molecule has 1 aliphatic carbocycles. The van der Waals surface area contributed by atoms with Gasteiger partial charge in [0.05, 0.1) is 0 Å². The Morgan fingerprint density at radius 1 is 1.33 bits per heavy atom. The van der Waals surface area contributed by atoms with E-state index in [2.05, 4.69) is 18.7 Å². The highest BCUT2D eigenvalue weighted by atomic mass is 15.3. The van der Waals surface area contributed by atoms with Crippen molar-refractivity contribution in [2.75, 3.05) is 19.6 Å². The van der Waals surface area contributed by atoms with Gasteiger partial charge in [-0.2, -0.15) is 0 Å². The van der Waals surface area contributed by atoms with Crippen LogP contribution < -0.4 is 5.73 Å². The molecule has 3 nitrogen and oxygen atoms in total. The minimum absolute atomic E-state index is 0.502. The van der Waals surface area contributed by atoms with Crippen molar-refractivity contribution in [1.29, 1.82) is 0 Å². The number of piperidine rings is 1. The van der Waals surface area contributed by atoms with Crippen LogP contribution in [-0.2, 0) is 0 Å². The average molecular weight is 251 g/mol. The minimum Gasteiger partial charge on any atom is -0.370 e. The first kappa shape index (κ1) is 13.7. The quantitative estimate of drug-likeness (QED) is 0.616. The van der Waals surface area contributed by atoms with Crippen molar-refractivity contribution in [2.45, 2.75) is 58.8 Å². The molecule has 0 bridgehead atoms. The van der Waals surface area contributed by atoms with Gasteiger partial charge in [0.1, 0.15) is 0 Å². The van der Waals surface area contributed by atoms with Gasteiger partial charge in [-0.1, -0.05) is 26.7 Å². The molecule has 0 spiro atoms. The lowest BCUT2D eigenvalue weighted by Gasteiger charge is -2.41. The number of nitrogens with zero attached hydrogens (tertiary/aromatic N) is 2. The zero-order valence-corrected chi connectivity index (χ0v) is 12.1. The first-order valence-corrected chi connectivity index (χ1v) is 7.70. The molecule has 1 heterocycles. The maximum atomic E-state index is 6.15. The molecule has 2 rings (SSSR count). The topological polar surface area (TPSA) is 41.6 Å². The zero-order valence-electron chi connectivity index (χ0n) is 12.1. The third-order valence-corrected chi connectivity index (χ3v) is 4.88. The number of nitrogens with two attached hydrogens (primary N) is 1. The summed E-state index contributed by atoms with van der Waals surface area (Å²) in [7, 11) is 0. The van der Waals surface area contributed by atoms with E-state index >= 15 is 0 Å². The van der Waals surface area contributed by atoms with Gasteiger partial charge < -0.3 is 10.6 Å². The molecule has 0 atom stereocenters. The van der Waals surface area contributed by atoms with Gasteiger partial charge >= 0.3 is 0 Å². The zero-order chi connectivity index (χ0) is 13.0. The van der Waals surface area contributed by atoms with Gasteiger partial charge in [-0.25, -0.2) is 0 Å². The number of guanidine groups is 1. The third-order valence-electron chi connectivity index (χ3n) is 4.88. The normalized spacial score (nSPS) is 25.0. The lowest BCUT2D eigenvalue weighted by Crippen LogP contribution is -2.43. The lowest BCUT2D eigenvalue weighted by molar-refractivity contribution is 0.129. The Bertz CT molecular complexity index is 286. The SMILES string of the molecule is CCCC1(CN=C(N)N2CCC(C)CC2)CCC1. The van der Waals surface area contributed by atoms with E-state index < -0.39 is 0 Å². The van der Waals surface area contributed by atoms with Crippen molar-refractivity contribution < 1.29 is 0 Å². The van der Waals surface area contributed by atoms with E-state index in [4.69, 9.17) is 10.7 Å². The molecule has 0 aromatic carbocycles. The summed E-state index contributed by atoms with van der Waals surface area (Å²) in [6.07, 6.45) is 9.21. The van der Waals surface area contributed by atoms with Crippen LogP contribution in [-0.4, -0.2) is 30.5 Å². The van der Waals surface area contributed by atoms with Crippen LogP contribution in [0, 0.1) is 11.3 Å². The minimum atomic E-state index is 0.502. The third kappa shape index (κ3) is 3.18. The van der Waals surface area contributed by atoms with Gasteiger partial charge in [0.15, 0.2) is 5.96 Å². The predicted octanol–water partition coefficient (Wildman–Crippen LogP) is 3.00. The highest BCUT2D eigenvalue weighted by molar-refractivity contribution is 5.78. The number of likely N-dealkylation sites (tertiary alicyclic amines) is 1. The van der Waals surface area contributed by atoms with E-state index in [0.717, 1.165) is 31.5 Å². The first-order chi connectivity index (χ1) is 8.65. The summed E-state index contributed by atoms with van der Waals surface area (Å²) in [6.45, 7) is 7.75. The fraction of sp³-hybridized carbons (Fsp3) is 0.933. The van der Waals surface area contributed by atoms with E-state index in [0.29, 0.717) is 5.41 Å². The second-order valence-electron chi connectivity index (χ2n) is 6.45. The molecule has 104 valence electrons. The van der Waals surface area contributed by atoms with Crippen molar-refractivity contribution in [3.05, 3.63) is 0 Å². The lowest BCUT2D eigenvalue weighted by atomic mass is 9.66. The van der Waals surface area contributed by atoms with Crippen LogP contribution in [0.25, 0.3) is 0 Å². The molecular formula is C15H29N3. The molecule has 0 aromatic rings. The van der Waals surface area contributed by atoms with Gasteiger partial charge in [-0.15, -0.1) is 0 Å². The van der Waals surface area contributed by atoms with Crippen LogP contribution in [0.15, 0.2) is 4.99 Å². The molecule has 0 unspecified atom stereocenters. The molecule has 0 aromatic heterocycles. The van der Waals surface area contributed by atoms with Gasteiger partial charge in [0, 0.05) is 19.6 Å². The number of hydrogen-bond donors (Lipinski definition) is 1. The smallest absolute Gasteiger partial charge is 0.191 e. The summed E-state index contributed by atoms with van der Waals surface area (Å²) >= 11 is 0. The fourth-order valence-electron chi connectivity index (χ4n) is 3.28. The summed E-state index contributed by atoms with van der Waals surface area (Å²) in [5.74, 6) is 1.65. The summed E-state index contributed by atoms with van der Waals surface area (Å²) in [5.41, 5.74) is 6.65. The molecule has 18 heavy (non-hydrogen) atoms. The first-order valence-electron chi connectivity index (χ1n) is 7.70. The maximum Gasteiger partial charge on any atom is 0.191 e. The van der Waals surface area contributed by atoms with Crippen molar-refractivity contribution >= 4 is 5.96 Å². The Labute approximate surface area is 112 Å². The van der Waals surface area contributed by atoms with Crippen molar-refractivity contribution in [1.82, 2.24) is 4.90 Å². The molecule has 2 fully saturated rings. The molecule has 3 heteroatoms. The molecule has 0 amide bonds. The average Bonchev–Trinajstić information content (AvgIpc) is 2.33. The summed E-state index contributed by atoms with van der Waals surface area (Å²) in [5, 5.41) is 0. The van der Waals surface area contributed by atoms with Gasteiger partial charge in [-0.05, 0) is 43.4 Å². The van der Waals surface area contributed by atoms with Crippen LogP contribution >= 0.6 is 0 Å². The Morgan fingerprint density at radius 2 is 2.00 bits per heavy atom. The van der Waals surface area contributed by atoms with E-state index in [-0.39, 0.29) is 0 Å². The van der Waals surface area contributed by atoms with Crippen molar-refractivity contribution in [3.8, 4) is 0 Å². The Balaban J connectivity index is 1.84. The standard InChI is InChI=1S/C15H29N3/c1-3-7-15(8-4-9-15)12-17-14(16)18-10-5-13(2)6-11-18/h13H,3-12H2,1-2H3,(H2,16,17). The Kier molecular flexibility index (Phi) is 4.52. The van der Waals surface area contributed by atoms with Gasteiger partial charge in [0.2, 0.25) is 0 Å². The Hall–Kier alpha value is -0.730. The molecular weight excluding hydrogens is 222 g/mol. The van der Waals surface area contributed by atoms with Crippen LogP contribution in [0.1, 0.15) is 58.8 Å². The fourth-order valence-corrected chi connectivity index (χ4v) is 3.28. The molecule has 1 aliphatic heterocycles. The molecule has 2 aliphatic rings. The second-order valence-corrected chi connectivity index (χ2v) is 6.45. The second kappa shape index (κ2) is 5.94. The van der Waals surface area contributed by atoms with Crippen molar-refractivity contribution in [3.63, 3.8) is 0 Å². The van der Waals surface area contributed by atoms with E-state index in [1.807, 2.05) is 0 Å². The molecule has 0 radical (unpaired) electrons. The highest BCUT2D eigenvalue weighted by Gasteiger charge is 2.35. The van der Waals surface area contributed by atoms with Crippen LogP contribution in [0.5, 0.6) is 0 Å². The van der Waals surface area contributed by atoms with Gasteiger partial charge in [0.25, 0.3) is 0 Å². The Morgan fingerprint density at radius 3 is 2.50 bits per heavy atom. The van der Waals surface area contributed by atoms with Gasteiger partial charge in [-0.3, -0.25) is 4.99 Å².